The summed E-state index contributed by atoms with van der Waals surface area (Å²) < 4.78 is 6.31. The number of benzene rings is 1. The molecule has 1 aromatic carbocycles. The third-order valence-electron chi connectivity index (χ3n) is 2.78. The topological polar surface area (TPSA) is 73.1 Å². The Labute approximate surface area is 125 Å². The van der Waals surface area contributed by atoms with Crippen LogP contribution in [0.5, 0.6) is 5.88 Å². The zero-order valence-electron chi connectivity index (χ0n) is 10.5. The molecule has 1 atom stereocenters. The number of halogens is 1. The Morgan fingerprint density at radius 1 is 1.32 bits per heavy atom. The highest BCUT2D eigenvalue weighted by Gasteiger charge is 2.13. The number of hydrogen-bond donors (Lipinski definition) is 2. The SMILES string of the molecule is COc1cc(C(Cc2ccc(I)cc2)NN)ncn1. The first-order valence-electron chi connectivity index (χ1n) is 5.79. The van der Waals surface area contributed by atoms with Crippen LogP contribution in [0.25, 0.3) is 0 Å². The number of methoxy groups -OCH3 is 1. The van der Waals surface area contributed by atoms with Crippen molar-refractivity contribution in [3.8, 4) is 5.88 Å². The van der Waals surface area contributed by atoms with Gasteiger partial charge in [0, 0.05) is 9.64 Å². The Morgan fingerprint density at radius 2 is 2.05 bits per heavy atom. The fraction of sp³-hybridized carbons (Fsp3) is 0.231. The molecule has 3 N–H and O–H groups in total. The van der Waals surface area contributed by atoms with E-state index in [0.29, 0.717) is 5.88 Å². The molecule has 0 fully saturated rings. The van der Waals surface area contributed by atoms with Crippen LogP contribution in [-0.4, -0.2) is 17.1 Å². The van der Waals surface area contributed by atoms with Gasteiger partial charge in [0.15, 0.2) is 0 Å². The molecule has 100 valence electrons. The van der Waals surface area contributed by atoms with Gasteiger partial charge in [0.25, 0.3) is 0 Å². The van der Waals surface area contributed by atoms with Gasteiger partial charge >= 0.3 is 0 Å². The molecule has 0 aliphatic carbocycles. The summed E-state index contributed by atoms with van der Waals surface area (Å²) in [5.41, 5.74) is 4.79. The molecule has 2 aromatic rings. The van der Waals surface area contributed by atoms with E-state index in [0.717, 1.165) is 12.1 Å². The molecule has 19 heavy (non-hydrogen) atoms. The summed E-state index contributed by atoms with van der Waals surface area (Å²) in [6, 6.07) is 10.0. The second kappa shape index (κ2) is 6.78. The van der Waals surface area contributed by atoms with Crippen molar-refractivity contribution in [3.63, 3.8) is 0 Å². The maximum atomic E-state index is 5.62. The number of ether oxygens (including phenoxy) is 1. The molecule has 0 amide bonds. The van der Waals surface area contributed by atoms with E-state index in [2.05, 4.69) is 62.3 Å². The van der Waals surface area contributed by atoms with E-state index in [1.165, 1.54) is 15.5 Å². The number of rotatable bonds is 5. The predicted molar refractivity (Wildman–Crippen MR) is 81.5 cm³/mol. The van der Waals surface area contributed by atoms with Crippen LogP contribution in [-0.2, 0) is 6.42 Å². The molecular weight excluding hydrogens is 355 g/mol. The van der Waals surface area contributed by atoms with Gasteiger partial charge in [0.1, 0.15) is 6.33 Å². The number of nitrogens with zero attached hydrogens (tertiary/aromatic N) is 2. The zero-order chi connectivity index (χ0) is 13.7. The van der Waals surface area contributed by atoms with Crippen molar-refractivity contribution in [2.75, 3.05) is 7.11 Å². The van der Waals surface area contributed by atoms with Gasteiger partial charge in [0.2, 0.25) is 5.88 Å². The average molecular weight is 370 g/mol. The van der Waals surface area contributed by atoms with Gasteiger partial charge in [-0.2, -0.15) is 0 Å². The summed E-state index contributed by atoms with van der Waals surface area (Å²) in [5, 5.41) is 0. The summed E-state index contributed by atoms with van der Waals surface area (Å²) in [7, 11) is 1.58. The zero-order valence-corrected chi connectivity index (χ0v) is 12.7. The minimum absolute atomic E-state index is 0.0723. The van der Waals surface area contributed by atoms with Crippen LogP contribution in [0.4, 0.5) is 0 Å². The number of hydrogen-bond acceptors (Lipinski definition) is 5. The monoisotopic (exact) mass is 370 g/mol. The van der Waals surface area contributed by atoms with Crippen molar-refractivity contribution >= 4 is 22.6 Å². The minimum atomic E-state index is -0.0723. The molecule has 0 saturated heterocycles. The van der Waals surface area contributed by atoms with E-state index in [1.807, 2.05) is 0 Å². The van der Waals surface area contributed by atoms with Gasteiger partial charge in [-0.1, -0.05) is 12.1 Å². The van der Waals surface area contributed by atoms with Crippen molar-refractivity contribution in [1.82, 2.24) is 15.4 Å². The molecule has 0 radical (unpaired) electrons. The summed E-state index contributed by atoms with van der Waals surface area (Å²) in [5.74, 6) is 6.16. The van der Waals surface area contributed by atoms with Crippen molar-refractivity contribution in [2.45, 2.75) is 12.5 Å². The van der Waals surface area contributed by atoms with E-state index in [-0.39, 0.29) is 6.04 Å². The van der Waals surface area contributed by atoms with Gasteiger partial charge < -0.3 is 4.74 Å². The third-order valence-corrected chi connectivity index (χ3v) is 3.50. The highest BCUT2D eigenvalue weighted by molar-refractivity contribution is 14.1. The van der Waals surface area contributed by atoms with E-state index in [1.54, 1.807) is 13.2 Å². The molecular formula is C13H15IN4O. The number of nitrogens with one attached hydrogen (secondary N) is 1. The van der Waals surface area contributed by atoms with Crippen LogP contribution in [0.15, 0.2) is 36.7 Å². The Morgan fingerprint density at radius 3 is 2.68 bits per heavy atom. The molecule has 0 spiro atoms. The molecule has 1 heterocycles. The summed E-state index contributed by atoms with van der Waals surface area (Å²) in [4.78, 5) is 8.23. The summed E-state index contributed by atoms with van der Waals surface area (Å²) in [6.45, 7) is 0. The Bertz CT molecular complexity index is 532. The Balaban J connectivity index is 2.17. The van der Waals surface area contributed by atoms with Crippen molar-refractivity contribution in [2.24, 2.45) is 5.84 Å². The smallest absolute Gasteiger partial charge is 0.216 e. The molecule has 0 aliphatic rings. The molecule has 1 aromatic heterocycles. The van der Waals surface area contributed by atoms with Gasteiger partial charge in [-0.05, 0) is 46.7 Å². The molecule has 0 aliphatic heterocycles. The maximum Gasteiger partial charge on any atom is 0.216 e. The highest BCUT2D eigenvalue weighted by atomic mass is 127. The van der Waals surface area contributed by atoms with Gasteiger partial charge in [-0.25, -0.2) is 9.97 Å². The first-order chi connectivity index (χ1) is 9.22. The summed E-state index contributed by atoms with van der Waals surface area (Å²) >= 11 is 2.28. The van der Waals surface area contributed by atoms with Crippen molar-refractivity contribution in [1.29, 1.82) is 0 Å². The molecule has 0 bridgehead atoms. The Hall–Kier alpha value is -1.25. The normalized spacial score (nSPS) is 12.2. The lowest BCUT2D eigenvalue weighted by atomic mass is 10.0. The van der Waals surface area contributed by atoms with Gasteiger partial charge in [0.05, 0.1) is 18.8 Å². The fourth-order valence-electron chi connectivity index (χ4n) is 1.76. The van der Waals surface area contributed by atoms with Crippen LogP contribution in [0, 0.1) is 3.57 Å². The van der Waals surface area contributed by atoms with Crippen molar-refractivity contribution < 1.29 is 4.74 Å². The molecule has 1 unspecified atom stereocenters. The summed E-state index contributed by atoms with van der Waals surface area (Å²) in [6.07, 6.45) is 2.24. The lowest BCUT2D eigenvalue weighted by molar-refractivity contribution is 0.393. The molecule has 5 nitrogen and oxygen atoms in total. The van der Waals surface area contributed by atoms with E-state index in [4.69, 9.17) is 10.6 Å². The molecule has 0 saturated carbocycles. The van der Waals surface area contributed by atoms with E-state index >= 15 is 0 Å². The molecule has 2 rings (SSSR count). The predicted octanol–water partition coefficient (Wildman–Crippen LogP) is 1.84. The number of aromatic nitrogens is 2. The van der Waals surface area contributed by atoms with Gasteiger partial charge in [-0.3, -0.25) is 11.3 Å². The highest BCUT2D eigenvalue weighted by Crippen LogP contribution is 2.19. The standard InChI is InChI=1S/C13H15IN4O/c1-19-13-7-11(16-8-17-13)12(18-15)6-9-2-4-10(14)5-3-9/h2-5,7-8,12,18H,6,15H2,1H3. The van der Waals surface area contributed by atoms with Crippen LogP contribution < -0.4 is 16.0 Å². The minimum Gasteiger partial charge on any atom is -0.481 e. The fourth-order valence-corrected chi connectivity index (χ4v) is 2.12. The Kier molecular flexibility index (Phi) is 5.06. The van der Waals surface area contributed by atoms with Crippen molar-refractivity contribution in [3.05, 3.63) is 51.5 Å². The second-order valence-electron chi connectivity index (χ2n) is 4.04. The number of hydrazine groups is 1. The molecule has 6 heteroatoms. The lowest BCUT2D eigenvalue weighted by Gasteiger charge is -2.15. The maximum absolute atomic E-state index is 5.62. The second-order valence-corrected chi connectivity index (χ2v) is 5.28. The van der Waals surface area contributed by atoms with E-state index in [9.17, 15) is 0 Å². The van der Waals surface area contributed by atoms with Gasteiger partial charge in [-0.15, -0.1) is 0 Å². The largest absolute Gasteiger partial charge is 0.481 e. The van der Waals surface area contributed by atoms with E-state index < -0.39 is 0 Å². The first kappa shape index (κ1) is 14.2. The lowest BCUT2D eigenvalue weighted by Crippen LogP contribution is -2.30. The van der Waals surface area contributed by atoms with Crippen LogP contribution in [0.2, 0.25) is 0 Å². The third kappa shape index (κ3) is 3.85. The van der Waals surface area contributed by atoms with Crippen LogP contribution in [0.3, 0.4) is 0 Å². The van der Waals surface area contributed by atoms with Crippen LogP contribution >= 0.6 is 22.6 Å². The quantitative estimate of drug-likeness (QED) is 0.477. The number of nitrogens with two attached hydrogens (primary N) is 1. The van der Waals surface area contributed by atoms with Crippen LogP contribution in [0.1, 0.15) is 17.3 Å². The average Bonchev–Trinajstić information content (AvgIpc) is 2.46. The first-order valence-corrected chi connectivity index (χ1v) is 6.87.